The van der Waals surface area contributed by atoms with Crippen LogP contribution in [0, 0.1) is 0 Å². The monoisotopic (exact) mass is 343 g/mol. The van der Waals surface area contributed by atoms with Gasteiger partial charge in [-0.05, 0) is 59.1 Å². The molecule has 1 fully saturated rings. The summed E-state index contributed by atoms with van der Waals surface area (Å²) in [5.41, 5.74) is 1.30. The van der Waals surface area contributed by atoms with Crippen LogP contribution in [0.4, 0.5) is 0 Å². The highest BCUT2D eigenvalue weighted by molar-refractivity contribution is 9.10. The Morgan fingerprint density at radius 2 is 2.32 bits per heavy atom. The van der Waals surface area contributed by atoms with Crippen molar-refractivity contribution in [2.24, 2.45) is 0 Å². The van der Waals surface area contributed by atoms with E-state index in [0.717, 1.165) is 22.0 Å². The van der Waals surface area contributed by atoms with Crippen molar-refractivity contribution in [1.82, 2.24) is 5.32 Å². The zero-order valence-electron chi connectivity index (χ0n) is 11.6. The van der Waals surface area contributed by atoms with Gasteiger partial charge in [0.05, 0.1) is 11.6 Å². The Labute approximate surface area is 128 Å². The summed E-state index contributed by atoms with van der Waals surface area (Å²) in [5, 5.41) is 4.44. The molecular formula is C15H22BrNOS. The topological polar surface area (TPSA) is 21.3 Å². The van der Waals surface area contributed by atoms with Gasteiger partial charge in [-0.3, -0.25) is 0 Å². The van der Waals surface area contributed by atoms with Gasteiger partial charge in [0.15, 0.2) is 0 Å². The highest BCUT2D eigenvalue weighted by Gasteiger charge is 2.15. The average molecular weight is 344 g/mol. The molecule has 1 aliphatic rings. The molecule has 2 rings (SSSR count). The molecule has 0 aromatic heterocycles. The second kappa shape index (κ2) is 7.55. The van der Waals surface area contributed by atoms with Gasteiger partial charge < -0.3 is 10.1 Å². The van der Waals surface area contributed by atoms with Crippen LogP contribution in [0.3, 0.4) is 0 Å². The molecule has 0 radical (unpaired) electrons. The van der Waals surface area contributed by atoms with E-state index in [-0.39, 0.29) is 0 Å². The molecule has 1 heterocycles. The highest BCUT2D eigenvalue weighted by atomic mass is 79.9. The largest absolute Gasteiger partial charge is 0.496 e. The van der Waals surface area contributed by atoms with Gasteiger partial charge in [-0.25, -0.2) is 0 Å². The van der Waals surface area contributed by atoms with Gasteiger partial charge in [0, 0.05) is 17.8 Å². The molecule has 1 saturated heterocycles. The predicted octanol–water partition coefficient (Wildman–Crippen LogP) is 4.39. The van der Waals surface area contributed by atoms with Crippen molar-refractivity contribution in [3.8, 4) is 5.75 Å². The first-order valence-electron chi connectivity index (χ1n) is 6.89. The standard InChI is InChI=1S/C15H22BrNOS/c1-11(17-10-13-5-3-4-8-19-13)12-6-7-15(18-2)14(16)9-12/h6-7,9,11,13,17H,3-5,8,10H2,1-2H3. The quantitative estimate of drug-likeness (QED) is 0.856. The first-order valence-corrected chi connectivity index (χ1v) is 8.73. The van der Waals surface area contributed by atoms with Crippen LogP contribution in [0.2, 0.25) is 0 Å². The van der Waals surface area contributed by atoms with Crippen molar-refractivity contribution < 1.29 is 4.74 Å². The molecule has 2 unspecified atom stereocenters. The second-order valence-corrected chi connectivity index (χ2v) is 7.28. The lowest BCUT2D eigenvalue weighted by Crippen LogP contribution is -2.29. The number of halogens is 1. The summed E-state index contributed by atoms with van der Waals surface area (Å²) in [5.74, 6) is 2.22. The Bertz CT molecular complexity index is 407. The highest BCUT2D eigenvalue weighted by Crippen LogP contribution is 2.29. The molecule has 2 nitrogen and oxygen atoms in total. The third-order valence-corrected chi connectivity index (χ3v) is 5.62. The lowest BCUT2D eigenvalue weighted by molar-refractivity contribution is 0.411. The van der Waals surface area contributed by atoms with Crippen molar-refractivity contribution in [1.29, 1.82) is 0 Å². The summed E-state index contributed by atoms with van der Waals surface area (Å²) in [6.45, 7) is 3.33. The summed E-state index contributed by atoms with van der Waals surface area (Å²) in [7, 11) is 1.70. The lowest BCUT2D eigenvalue weighted by atomic mass is 10.1. The zero-order chi connectivity index (χ0) is 13.7. The Morgan fingerprint density at radius 3 is 2.95 bits per heavy atom. The maximum atomic E-state index is 5.26. The fourth-order valence-electron chi connectivity index (χ4n) is 2.35. The van der Waals surface area contributed by atoms with E-state index in [1.165, 1.54) is 30.6 Å². The maximum Gasteiger partial charge on any atom is 0.133 e. The van der Waals surface area contributed by atoms with E-state index < -0.39 is 0 Å². The molecular weight excluding hydrogens is 322 g/mol. The van der Waals surface area contributed by atoms with Crippen LogP contribution in [0.5, 0.6) is 5.75 Å². The van der Waals surface area contributed by atoms with Crippen molar-refractivity contribution in [2.75, 3.05) is 19.4 Å². The molecule has 1 aromatic carbocycles. The summed E-state index contributed by atoms with van der Waals surface area (Å²) >= 11 is 5.66. The molecule has 4 heteroatoms. The number of hydrogen-bond acceptors (Lipinski definition) is 3. The Hall–Kier alpha value is -0.190. The van der Waals surface area contributed by atoms with Gasteiger partial charge in [0.2, 0.25) is 0 Å². The Kier molecular flexibility index (Phi) is 6.05. The summed E-state index contributed by atoms with van der Waals surface area (Å²) < 4.78 is 6.29. The minimum Gasteiger partial charge on any atom is -0.496 e. The van der Waals surface area contributed by atoms with Crippen LogP contribution < -0.4 is 10.1 Å². The number of ether oxygens (including phenoxy) is 1. The average Bonchev–Trinajstić information content (AvgIpc) is 2.45. The molecule has 106 valence electrons. The molecule has 1 N–H and O–H groups in total. The summed E-state index contributed by atoms with van der Waals surface area (Å²) in [6.07, 6.45) is 4.14. The van der Waals surface area contributed by atoms with E-state index in [0.29, 0.717) is 6.04 Å². The first-order chi connectivity index (χ1) is 9.20. The number of thioether (sulfide) groups is 1. The molecule has 1 aliphatic heterocycles. The van der Waals surface area contributed by atoms with Crippen LogP contribution in [-0.2, 0) is 0 Å². The minimum atomic E-state index is 0.379. The molecule has 0 saturated carbocycles. The summed E-state index contributed by atoms with van der Waals surface area (Å²) in [6, 6.07) is 6.68. The molecule has 0 spiro atoms. The molecule has 0 amide bonds. The lowest BCUT2D eigenvalue weighted by Gasteiger charge is -2.24. The van der Waals surface area contributed by atoms with Crippen LogP contribution in [0.1, 0.15) is 37.8 Å². The fraction of sp³-hybridized carbons (Fsp3) is 0.600. The normalized spacial score (nSPS) is 21.1. The number of methoxy groups -OCH3 is 1. The van der Waals surface area contributed by atoms with Gasteiger partial charge in [-0.15, -0.1) is 0 Å². The number of benzene rings is 1. The van der Waals surface area contributed by atoms with Gasteiger partial charge >= 0.3 is 0 Å². The molecule has 0 bridgehead atoms. The SMILES string of the molecule is COc1ccc(C(C)NCC2CCCCS2)cc1Br. The zero-order valence-corrected chi connectivity index (χ0v) is 14.0. The Balaban J connectivity index is 1.88. The van der Waals surface area contributed by atoms with Crippen LogP contribution >= 0.6 is 27.7 Å². The van der Waals surface area contributed by atoms with Crippen LogP contribution in [-0.4, -0.2) is 24.7 Å². The number of hydrogen-bond donors (Lipinski definition) is 1. The van der Waals surface area contributed by atoms with Crippen molar-refractivity contribution in [3.63, 3.8) is 0 Å². The molecule has 2 atom stereocenters. The van der Waals surface area contributed by atoms with E-state index in [9.17, 15) is 0 Å². The van der Waals surface area contributed by atoms with E-state index in [2.05, 4.69) is 52.1 Å². The van der Waals surface area contributed by atoms with Gasteiger partial charge in [0.1, 0.15) is 5.75 Å². The third-order valence-electron chi connectivity index (χ3n) is 3.60. The van der Waals surface area contributed by atoms with Crippen LogP contribution in [0.15, 0.2) is 22.7 Å². The van der Waals surface area contributed by atoms with Crippen molar-refractivity contribution in [3.05, 3.63) is 28.2 Å². The summed E-state index contributed by atoms with van der Waals surface area (Å²) in [4.78, 5) is 0. The molecule has 19 heavy (non-hydrogen) atoms. The Morgan fingerprint density at radius 1 is 1.47 bits per heavy atom. The minimum absolute atomic E-state index is 0.379. The van der Waals surface area contributed by atoms with Gasteiger partial charge in [0.25, 0.3) is 0 Å². The fourth-order valence-corrected chi connectivity index (χ4v) is 4.16. The van der Waals surface area contributed by atoms with Crippen LogP contribution in [0.25, 0.3) is 0 Å². The van der Waals surface area contributed by atoms with Gasteiger partial charge in [-0.1, -0.05) is 12.5 Å². The number of rotatable bonds is 5. The second-order valence-electron chi connectivity index (χ2n) is 5.01. The molecule has 1 aromatic rings. The van der Waals surface area contributed by atoms with Gasteiger partial charge in [-0.2, -0.15) is 11.8 Å². The maximum absolute atomic E-state index is 5.26. The smallest absolute Gasteiger partial charge is 0.133 e. The van der Waals surface area contributed by atoms with E-state index in [1.807, 2.05) is 6.07 Å². The van der Waals surface area contributed by atoms with Crippen molar-refractivity contribution in [2.45, 2.75) is 37.5 Å². The predicted molar refractivity (Wildman–Crippen MR) is 87.2 cm³/mol. The van der Waals surface area contributed by atoms with E-state index in [4.69, 9.17) is 4.74 Å². The first kappa shape index (κ1) is 15.2. The van der Waals surface area contributed by atoms with E-state index in [1.54, 1.807) is 7.11 Å². The van der Waals surface area contributed by atoms with Crippen molar-refractivity contribution >= 4 is 27.7 Å². The van der Waals surface area contributed by atoms with E-state index >= 15 is 0 Å². The third kappa shape index (κ3) is 4.40. The number of nitrogens with one attached hydrogen (secondary N) is 1. The molecule has 0 aliphatic carbocycles.